The minimum absolute atomic E-state index is 0.226. The van der Waals surface area contributed by atoms with Crippen LogP contribution in [0.15, 0.2) is 60.8 Å². The number of pyridine rings is 1. The Balaban J connectivity index is 1.42. The third-order valence-electron chi connectivity index (χ3n) is 6.08. The molecule has 32 heavy (non-hydrogen) atoms. The zero-order valence-electron chi connectivity index (χ0n) is 17.8. The Hall–Kier alpha value is -3.61. The Labute approximate surface area is 186 Å². The average Bonchev–Trinajstić information content (AvgIpc) is 3.61. The average molecular weight is 433 g/mol. The molecule has 1 fully saturated rings. The second-order valence-corrected chi connectivity index (χ2v) is 8.18. The van der Waals surface area contributed by atoms with E-state index >= 15 is 0 Å². The summed E-state index contributed by atoms with van der Waals surface area (Å²) in [5.41, 5.74) is 3.34. The van der Waals surface area contributed by atoms with E-state index in [0.717, 1.165) is 41.2 Å². The lowest BCUT2D eigenvalue weighted by atomic mass is 10.0. The third-order valence-corrected chi connectivity index (χ3v) is 6.08. The fourth-order valence-electron chi connectivity index (χ4n) is 4.18. The van der Waals surface area contributed by atoms with Crippen LogP contribution in [0.5, 0.6) is 5.75 Å². The molecular weight excluding hydrogens is 409 g/mol. The normalized spacial score (nSPS) is 16.0. The zero-order valence-corrected chi connectivity index (χ0v) is 17.8. The molecule has 1 saturated carbocycles. The van der Waals surface area contributed by atoms with Crippen LogP contribution in [0.3, 0.4) is 0 Å². The number of fused-ring (bicyclic) bond motifs is 1. The van der Waals surface area contributed by atoms with Crippen molar-refractivity contribution >= 4 is 17.5 Å². The van der Waals surface area contributed by atoms with Gasteiger partial charge in [0.25, 0.3) is 0 Å². The van der Waals surface area contributed by atoms with Gasteiger partial charge in [0.05, 0.1) is 24.8 Å². The smallest absolute Gasteiger partial charge is 0.337 e. The summed E-state index contributed by atoms with van der Waals surface area (Å²) in [6.45, 7) is 1.93. The molecule has 1 aromatic heterocycles. The Morgan fingerprint density at radius 2 is 1.91 bits per heavy atom. The first-order valence-electron chi connectivity index (χ1n) is 10.7. The summed E-state index contributed by atoms with van der Waals surface area (Å²) in [5.74, 6) is 0.960. The number of benzene rings is 2. The highest BCUT2D eigenvalue weighted by Gasteiger charge is 2.45. The maximum Gasteiger partial charge on any atom is 0.337 e. The molecule has 7 heteroatoms. The van der Waals surface area contributed by atoms with Gasteiger partial charge in [0.1, 0.15) is 23.9 Å². The van der Waals surface area contributed by atoms with E-state index in [1.165, 1.54) is 19.2 Å². The number of rotatable bonds is 6. The van der Waals surface area contributed by atoms with Crippen LogP contribution in [0.1, 0.15) is 34.3 Å². The summed E-state index contributed by atoms with van der Waals surface area (Å²) in [7, 11) is 1.38. The number of anilines is 2. The molecule has 1 aliphatic heterocycles. The maximum absolute atomic E-state index is 13.3. The van der Waals surface area contributed by atoms with Gasteiger partial charge < -0.3 is 19.7 Å². The van der Waals surface area contributed by atoms with Crippen LogP contribution in [-0.2, 0) is 16.8 Å². The van der Waals surface area contributed by atoms with E-state index < -0.39 is 0 Å². The topological polar surface area (TPSA) is 63.7 Å². The molecule has 2 aromatic carbocycles. The molecule has 6 nitrogen and oxygen atoms in total. The fourth-order valence-corrected chi connectivity index (χ4v) is 4.18. The number of carbonyl (C=O) groups is 1. The Bertz CT molecular complexity index is 1130. The molecule has 5 rings (SSSR count). The number of hydrogen-bond donors (Lipinski definition) is 1. The maximum atomic E-state index is 13.3. The first kappa shape index (κ1) is 20.3. The lowest BCUT2D eigenvalue weighted by molar-refractivity contribution is 0.0600. The van der Waals surface area contributed by atoms with E-state index in [1.54, 1.807) is 30.5 Å². The summed E-state index contributed by atoms with van der Waals surface area (Å²) < 4.78 is 24.0. The van der Waals surface area contributed by atoms with Crippen LogP contribution >= 0.6 is 0 Å². The molecule has 164 valence electrons. The molecule has 0 unspecified atom stereocenters. The SMILES string of the molecule is COC(=O)c1ccc(C2(Nc3nccc4c3N(Cc3ccc(F)cc3)CCO4)CC2)cc1. The van der Waals surface area contributed by atoms with Crippen molar-refractivity contribution in [2.24, 2.45) is 0 Å². The van der Waals surface area contributed by atoms with Crippen molar-refractivity contribution in [3.05, 3.63) is 83.3 Å². The van der Waals surface area contributed by atoms with Crippen molar-refractivity contribution in [2.45, 2.75) is 24.9 Å². The van der Waals surface area contributed by atoms with E-state index in [4.69, 9.17) is 9.47 Å². The predicted octanol–water partition coefficient (Wildman–Crippen LogP) is 4.51. The summed E-state index contributed by atoms with van der Waals surface area (Å²) >= 11 is 0. The monoisotopic (exact) mass is 433 g/mol. The van der Waals surface area contributed by atoms with Crippen LogP contribution in [-0.4, -0.2) is 31.2 Å². The standard InChI is InChI=1S/C25H24FN3O3/c1-31-24(30)18-4-6-19(7-5-18)25(11-12-25)28-23-22-21(10-13-27-23)32-15-14-29(22)16-17-2-8-20(26)9-3-17/h2-10,13H,11-12,14-16H2,1H3,(H,27,28). The van der Waals surface area contributed by atoms with E-state index in [9.17, 15) is 9.18 Å². The zero-order chi connectivity index (χ0) is 22.1. The molecule has 0 radical (unpaired) electrons. The Kier molecular flexibility index (Phi) is 5.17. The van der Waals surface area contributed by atoms with Crippen molar-refractivity contribution in [3.8, 4) is 5.75 Å². The van der Waals surface area contributed by atoms with Gasteiger partial charge in [-0.1, -0.05) is 24.3 Å². The Morgan fingerprint density at radius 3 is 2.59 bits per heavy atom. The minimum atomic E-state index is -0.346. The van der Waals surface area contributed by atoms with Crippen LogP contribution in [0.4, 0.5) is 15.9 Å². The third kappa shape index (κ3) is 3.86. The van der Waals surface area contributed by atoms with Crippen molar-refractivity contribution in [1.82, 2.24) is 4.98 Å². The molecule has 0 bridgehead atoms. The largest absolute Gasteiger partial charge is 0.489 e. The molecule has 0 atom stereocenters. The first-order chi connectivity index (χ1) is 15.6. The minimum Gasteiger partial charge on any atom is -0.489 e. The van der Waals surface area contributed by atoms with Crippen molar-refractivity contribution in [2.75, 3.05) is 30.5 Å². The van der Waals surface area contributed by atoms with Crippen molar-refractivity contribution in [1.29, 1.82) is 0 Å². The molecule has 2 aliphatic rings. The van der Waals surface area contributed by atoms with Gasteiger partial charge >= 0.3 is 5.97 Å². The number of carbonyl (C=O) groups excluding carboxylic acids is 1. The summed E-state index contributed by atoms with van der Waals surface area (Å²) in [6, 6.07) is 16.0. The highest BCUT2D eigenvalue weighted by atomic mass is 19.1. The van der Waals surface area contributed by atoms with Gasteiger partial charge in [0, 0.05) is 18.8 Å². The number of ether oxygens (including phenoxy) is 2. The first-order valence-corrected chi connectivity index (χ1v) is 10.7. The number of methoxy groups -OCH3 is 1. The lowest BCUT2D eigenvalue weighted by Crippen LogP contribution is -2.34. The number of esters is 1. The van der Waals surface area contributed by atoms with Crippen LogP contribution in [0.25, 0.3) is 0 Å². The molecule has 1 N–H and O–H groups in total. The quantitative estimate of drug-likeness (QED) is 0.577. The van der Waals surface area contributed by atoms with Crippen molar-refractivity contribution < 1.29 is 18.7 Å². The molecule has 0 spiro atoms. The molecule has 0 saturated heterocycles. The van der Waals surface area contributed by atoms with Gasteiger partial charge in [-0.3, -0.25) is 0 Å². The van der Waals surface area contributed by atoms with Crippen LogP contribution < -0.4 is 15.0 Å². The Morgan fingerprint density at radius 1 is 1.16 bits per heavy atom. The molecule has 3 aromatic rings. The summed E-state index contributed by atoms with van der Waals surface area (Å²) in [6.07, 6.45) is 3.68. The van der Waals surface area contributed by atoms with E-state index in [1.807, 2.05) is 18.2 Å². The highest BCUT2D eigenvalue weighted by molar-refractivity contribution is 5.89. The lowest BCUT2D eigenvalue weighted by Gasteiger charge is -2.33. The number of nitrogens with zero attached hydrogens (tertiary/aromatic N) is 2. The molecular formula is C25H24FN3O3. The van der Waals surface area contributed by atoms with Gasteiger partial charge in [-0.05, 0) is 48.2 Å². The summed E-state index contributed by atoms with van der Waals surface area (Å²) in [4.78, 5) is 18.6. The highest BCUT2D eigenvalue weighted by Crippen LogP contribution is 2.50. The van der Waals surface area contributed by atoms with Gasteiger partial charge in [0.15, 0.2) is 5.82 Å². The number of hydrogen-bond acceptors (Lipinski definition) is 6. The predicted molar refractivity (Wildman–Crippen MR) is 119 cm³/mol. The molecule has 2 heterocycles. The van der Waals surface area contributed by atoms with Crippen molar-refractivity contribution in [3.63, 3.8) is 0 Å². The second kappa shape index (κ2) is 8.15. The van der Waals surface area contributed by atoms with Crippen LogP contribution in [0, 0.1) is 5.82 Å². The number of aromatic nitrogens is 1. The fraction of sp³-hybridized carbons (Fsp3) is 0.280. The van der Waals surface area contributed by atoms with Gasteiger partial charge in [0.2, 0.25) is 0 Å². The second-order valence-electron chi connectivity index (χ2n) is 8.18. The van der Waals surface area contributed by atoms with E-state index in [-0.39, 0.29) is 17.3 Å². The van der Waals surface area contributed by atoms with Gasteiger partial charge in [-0.25, -0.2) is 14.2 Å². The van der Waals surface area contributed by atoms with Gasteiger partial charge in [-0.2, -0.15) is 0 Å². The van der Waals surface area contributed by atoms with E-state index in [2.05, 4.69) is 15.2 Å². The molecule has 1 aliphatic carbocycles. The molecule has 0 amide bonds. The number of nitrogens with one attached hydrogen (secondary N) is 1. The van der Waals surface area contributed by atoms with Gasteiger partial charge in [-0.15, -0.1) is 0 Å². The number of halogens is 1. The van der Waals surface area contributed by atoms with Crippen LogP contribution in [0.2, 0.25) is 0 Å². The van der Waals surface area contributed by atoms with E-state index in [0.29, 0.717) is 25.3 Å². The summed E-state index contributed by atoms with van der Waals surface area (Å²) in [5, 5.41) is 3.65.